The molecule has 1 atom stereocenters. The molecule has 0 bridgehead atoms. The van der Waals surface area contributed by atoms with E-state index in [0.717, 1.165) is 0 Å². The van der Waals surface area contributed by atoms with E-state index in [0.29, 0.717) is 16.5 Å². The first-order valence-electron chi connectivity index (χ1n) is 4.82. The fourth-order valence-corrected chi connectivity index (χ4v) is 1.51. The number of rotatable bonds is 3. The second kappa shape index (κ2) is 5.32. The summed E-state index contributed by atoms with van der Waals surface area (Å²) in [5.41, 5.74) is -1.81. The number of pyridine rings is 1. The van der Waals surface area contributed by atoms with E-state index in [-0.39, 0.29) is 0 Å². The smallest absolute Gasteiger partial charge is 0.274 e. The number of anilines is 1. The van der Waals surface area contributed by atoms with Crippen LogP contribution < -0.4 is 5.32 Å². The van der Waals surface area contributed by atoms with Crippen molar-refractivity contribution in [2.24, 2.45) is 0 Å². The monoisotopic (exact) mass is 288 g/mol. The van der Waals surface area contributed by atoms with Crippen LogP contribution in [-0.4, -0.2) is 26.3 Å². The van der Waals surface area contributed by atoms with Crippen LogP contribution in [0.25, 0.3) is 5.82 Å². The number of hydrogen-bond donors (Lipinski definition) is 1. The van der Waals surface area contributed by atoms with Gasteiger partial charge < -0.3 is 5.32 Å². The van der Waals surface area contributed by atoms with E-state index in [1.165, 1.54) is 17.1 Å². The lowest BCUT2D eigenvalue weighted by atomic mass is 10.4. The van der Waals surface area contributed by atoms with Gasteiger partial charge in [-0.1, -0.05) is 23.2 Å². The van der Waals surface area contributed by atoms with Crippen molar-refractivity contribution in [2.45, 2.75) is 5.63 Å². The van der Waals surface area contributed by atoms with Crippen LogP contribution in [0.5, 0.6) is 0 Å². The topological polar surface area (TPSA) is 59.8 Å². The molecular weight excluding hydrogens is 282 g/mol. The number of nitrogens with one attached hydrogen (secondary N) is 1. The minimum absolute atomic E-state index is 0.296. The van der Waals surface area contributed by atoms with Crippen molar-refractivity contribution >= 4 is 34.8 Å². The third-order valence-electron chi connectivity index (χ3n) is 2.00. The molecule has 0 spiro atoms. The molecule has 94 valence electrons. The Morgan fingerprint density at radius 2 is 2.33 bits per heavy atom. The van der Waals surface area contributed by atoms with Gasteiger partial charge in [-0.05, 0) is 12.1 Å². The largest absolute Gasteiger partial charge is 0.320 e. The summed E-state index contributed by atoms with van der Waals surface area (Å²) >= 11 is 10.9. The maximum Gasteiger partial charge on any atom is 0.274 e. The predicted octanol–water partition coefficient (Wildman–Crippen LogP) is 2.39. The molecule has 2 heterocycles. The summed E-state index contributed by atoms with van der Waals surface area (Å²) in [5.74, 6) is -0.550. The summed E-state index contributed by atoms with van der Waals surface area (Å²) in [5, 5.41) is 6.60. The number of carbonyl (C=O) groups is 1. The van der Waals surface area contributed by atoms with Gasteiger partial charge in [-0.3, -0.25) is 4.79 Å². The lowest BCUT2D eigenvalue weighted by Gasteiger charge is -2.02. The van der Waals surface area contributed by atoms with E-state index in [2.05, 4.69) is 15.4 Å². The molecule has 8 heteroatoms. The van der Waals surface area contributed by atoms with E-state index in [9.17, 15) is 9.18 Å². The Morgan fingerprint density at radius 1 is 1.56 bits per heavy atom. The zero-order valence-electron chi connectivity index (χ0n) is 8.85. The van der Waals surface area contributed by atoms with Gasteiger partial charge in [0.25, 0.3) is 11.5 Å². The van der Waals surface area contributed by atoms with E-state index < -0.39 is 11.5 Å². The molecule has 0 radical (unpaired) electrons. The first kappa shape index (κ1) is 12.8. The van der Waals surface area contributed by atoms with Gasteiger partial charge in [-0.2, -0.15) is 5.10 Å². The Bertz CT molecular complexity index is 573. The molecule has 0 saturated heterocycles. The highest BCUT2D eigenvalue weighted by Gasteiger charge is 2.14. The van der Waals surface area contributed by atoms with Crippen molar-refractivity contribution in [3.8, 4) is 5.82 Å². The van der Waals surface area contributed by atoms with Crippen LogP contribution in [0.1, 0.15) is 0 Å². The van der Waals surface area contributed by atoms with Crippen LogP contribution >= 0.6 is 23.2 Å². The highest BCUT2D eigenvalue weighted by atomic mass is 35.5. The maximum atomic E-state index is 12.5. The molecule has 1 unspecified atom stereocenters. The van der Waals surface area contributed by atoms with Crippen molar-refractivity contribution in [3.05, 3.63) is 35.7 Å². The number of amides is 1. The normalized spacial score (nSPS) is 12.2. The zero-order valence-corrected chi connectivity index (χ0v) is 10.4. The Balaban J connectivity index is 2.21. The summed E-state index contributed by atoms with van der Waals surface area (Å²) in [6, 6.07) is 3.33. The molecule has 0 aromatic carbocycles. The van der Waals surface area contributed by atoms with Gasteiger partial charge >= 0.3 is 0 Å². The maximum absolute atomic E-state index is 12.5. The first-order valence-corrected chi connectivity index (χ1v) is 5.64. The minimum Gasteiger partial charge on any atom is -0.320 e. The second-order valence-electron chi connectivity index (χ2n) is 3.27. The molecule has 5 nitrogen and oxygen atoms in total. The van der Waals surface area contributed by atoms with Crippen LogP contribution in [-0.2, 0) is 4.79 Å². The van der Waals surface area contributed by atoms with Gasteiger partial charge in [-0.25, -0.2) is 14.1 Å². The van der Waals surface area contributed by atoms with Gasteiger partial charge in [0.2, 0.25) is 0 Å². The van der Waals surface area contributed by atoms with E-state index in [1.807, 2.05) is 0 Å². The molecule has 2 aromatic rings. The lowest BCUT2D eigenvalue weighted by molar-refractivity contribution is -0.118. The summed E-state index contributed by atoms with van der Waals surface area (Å²) in [7, 11) is 0. The Hall–Kier alpha value is -1.66. The number of alkyl halides is 2. The van der Waals surface area contributed by atoms with Crippen molar-refractivity contribution in [1.82, 2.24) is 14.8 Å². The van der Waals surface area contributed by atoms with Gasteiger partial charge in [0.1, 0.15) is 0 Å². The number of nitrogens with zero attached hydrogens (tertiary/aromatic N) is 3. The molecule has 1 amide bonds. The number of aromatic nitrogens is 3. The quantitative estimate of drug-likeness (QED) is 0.883. The van der Waals surface area contributed by atoms with E-state index in [1.54, 1.807) is 18.3 Å². The Labute approximate surface area is 112 Å². The fraction of sp³-hybridized carbons (Fsp3) is 0.100. The lowest BCUT2D eigenvalue weighted by Crippen LogP contribution is -2.18. The Morgan fingerprint density at radius 3 is 3.00 bits per heavy atom. The number of carbonyl (C=O) groups excluding carboxylic acids is 1. The second-order valence-corrected chi connectivity index (χ2v) is 4.06. The molecule has 0 saturated carbocycles. The van der Waals surface area contributed by atoms with E-state index >= 15 is 0 Å². The fourth-order valence-electron chi connectivity index (χ4n) is 1.25. The molecule has 2 aromatic heterocycles. The van der Waals surface area contributed by atoms with Gasteiger partial charge in [0, 0.05) is 6.20 Å². The average molecular weight is 289 g/mol. The average Bonchev–Trinajstić information content (AvgIpc) is 2.77. The van der Waals surface area contributed by atoms with E-state index in [4.69, 9.17) is 23.2 Å². The van der Waals surface area contributed by atoms with Gasteiger partial charge in [0.15, 0.2) is 5.82 Å². The molecule has 1 N–H and O–H groups in total. The standard InChI is InChI=1S/C10H7Cl2FN4O/c11-7-2-1-3-14-9(7)17-5-6(4-15-17)16-10(18)8(12)13/h1-5,8H,(H,16,18). The van der Waals surface area contributed by atoms with Crippen molar-refractivity contribution in [3.63, 3.8) is 0 Å². The van der Waals surface area contributed by atoms with Gasteiger partial charge in [0.05, 0.1) is 23.1 Å². The van der Waals surface area contributed by atoms with Crippen LogP contribution in [0.2, 0.25) is 5.02 Å². The first-order chi connectivity index (χ1) is 8.58. The molecule has 0 aliphatic rings. The Kier molecular flexibility index (Phi) is 3.78. The molecule has 0 aliphatic carbocycles. The van der Waals surface area contributed by atoms with Crippen molar-refractivity contribution in [2.75, 3.05) is 5.32 Å². The molecule has 0 aliphatic heterocycles. The molecular formula is C10H7Cl2FN4O. The molecule has 0 fully saturated rings. The number of hydrogen-bond acceptors (Lipinski definition) is 3. The van der Waals surface area contributed by atoms with Crippen molar-refractivity contribution in [1.29, 1.82) is 0 Å². The van der Waals surface area contributed by atoms with Gasteiger partial charge in [-0.15, -0.1) is 0 Å². The highest BCUT2D eigenvalue weighted by molar-refractivity contribution is 6.32. The summed E-state index contributed by atoms with van der Waals surface area (Å²) in [6.45, 7) is 0. The van der Waals surface area contributed by atoms with Crippen LogP contribution in [0.15, 0.2) is 30.7 Å². The third-order valence-corrected chi connectivity index (χ3v) is 2.50. The zero-order chi connectivity index (χ0) is 13.1. The minimum atomic E-state index is -2.10. The number of halogens is 3. The summed E-state index contributed by atoms with van der Waals surface area (Å²) in [4.78, 5) is 15.1. The van der Waals surface area contributed by atoms with Crippen LogP contribution in [0, 0.1) is 0 Å². The molecule has 2 rings (SSSR count). The SMILES string of the molecule is O=C(Nc1cnn(-c2ncccc2Cl)c1)C(F)Cl. The van der Waals surface area contributed by atoms with Crippen LogP contribution in [0.3, 0.4) is 0 Å². The summed E-state index contributed by atoms with van der Waals surface area (Å²) < 4.78 is 13.8. The third kappa shape index (κ3) is 2.77. The predicted molar refractivity (Wildman–Crippen MR) is 65.7 cm³/mol. The summed E-state index contributed by atoms with van der Waals surface area (Å²) in [6.07, 6.45) is 4.34. The van der Waals surface area contributed by atoms with Crippen LogP contribution in [0.4, 0.5) is 10.1 Å². The van der Waals surface area contributed by atoms with Crippen molar-refractivity contribution < 1.29 is 9.18 Å². The molecule has 18 heavy (non-hydrogen) atoms. The highest BCUT2D eigenvalue weighted by Crippen LogP contribution is 2.18.